The first-order valence-electron chi connectivity index (χ1n) is 6.90. The van der Waals surface area contributed by atoms with Crippen LogP contribution in [0.15, 0.2) is 22.7 Å². The summed E-state index contributed by atoms with van der Waals surface area (Å²) in [5.41, 5.74) is 6.86. The number of amides is 3. The summed E-state index contributed by atoms with van der Waals surface area (Å²) >= 11 is 3.32. The molecule has 0 bridgehead atoms. The molecule has 8 heteroatoms. The zero-order valence-electron chi connectivity index (χ0n) is 12.3. The van der Waals surface area contributed by atoms with Crippen molar-refractivity contribution in [3.8, 4) is 0 Å². The first-order chi connectivity index (χ1) is 10.0. The number of carbonyl (C=O) groups excluding carboxylic acids is 2. The smallest absolute Gasteiger partial charge is 0.317 e. The van der Waals surface area contributed by atoms with Crippen LogP contribution in [-0.2, 0) is 0 Å². The number of nitrogens with one attached hydrogen (secondary N) is 1. The molecule has 1 aromatic rings. The lowest BCUT2D eigenvalue weighted by Gasteiger charge is -2.34. The monoisotopic (exact) mass is 390 g/mol. The van der Waals surface area contributed by atoms with Gasteiger partial charge >= 0.3 is 6.03 Å². The molecule has 1 aromatic carbocycles. The van der Waals surface area contributed by atoms with Gasteiger partial charge in [-0.15, -0.1) is 12.4 Å². The van der Waals surface area contributed by atoms with Gasteiger partial charge < -0.3 is 20.9 Å². The quantitative estimate of drug-likeness (QED) is 0.756. The van der Waals surface area contributed by atoms with Crippen LogP contribution >= 0.6 is 28.3 Å². The number of halogens is 2. The summed E-state index contributed by atoms with van der Waals surface area (Å²) in [7, 11) is 0. The third kappa shape index (κ3) is 4.27. The molecule has 3 N–H and O–H groups in total. The van der Waals surface area contributed by atoms with Crippen LogP contribution in [0.25, 0.3) is 0 Å². The molecular weight excluding hydrogens is 372 g/mol. The zero-order chi connectivity index (χ0) is 15.4. The lowest BCUT2D eigenvalue weighted by atomic mass is 10.1. The zero-order valence-corrected chi connectivity index (χ0v) is 14.7. The van der Waals surface area contributed by atoms with Gasteiger partial charge in [-0.3, -0.25) is 4.79 Å². The van der Waals surface area contributed by atoms with E-state index in [1.54, 1.807) is 28.0 Å². The highest BCUT2D eigenvalue weighted by molar-refractivity contribution is 9.10. The Bertz CT molecular complexity index is 548. The Labute approximate surface area is 144 Å². The lowest BCUT2D eigenvalue weighted by molar-refractivity contribution is 0.0666. The van der Waals surface area contributed by atoms with Crippen LogP contribution in [0.2, 0.25) is 0 Å². The maximum Gasteiger partial charge on any atom is 0.317 e. The molecule has 1 heterocycles. The number of urea groups is 1. The van der Waals surface area contributed by atoms with Crippen LogP contribution < -0.4 is 11.1 Å². The third-order valence-electron chi connectivity index (χ3n) is 3.43. The fourth-order valence-electron chi connectivity index (χ4n) is 2.27. The first-order valence-corrected chi connectivity index (χ1v) is 7.69. The molecule has 0 radical (unpaired) electrons. The maximum absolute atomic E-state index is 12.4. The highest BCUT2D eigenvalue weighted by atomic mass is 79.9. The van der Waals surface area contributed by atoms with Gasteiger partial charge in [-0.25, -0.2) is 4.79 Å². The maximum atomic E-state index is 12.4. The number of nitrogen functional groups attached to an aromatic ring is 1. The standard InChI is InChI=1S/C14H19BrN4O2.ClH/c1-2-17-14(21)19-7-5-18(6-8-19)13(20)11-4-3-10(15)9-12(11)16;/h3-4,9H,2,5-8,16H2,1H3,(H,17,21);1H. The Kier molecular flexibility index (Phi) is 6.96. The average molecular weight is 392 g/mol. The number of hydrogen-bond donors (Lipinski definition) is 2. The molecule has 0 spiro atoms. The van der Waals surface area contributed by atoms with Gasteiger partial charge in [0, 0.05) is 42.9 Å². The molecule has 122 valence electrons. The van der Waals surface area contributed by atoms with Crippen LogP contribution in [0.5, 0.6) is 0 Å². The van der Waals surface area contributed by atoms with E-state index in [2.05, 4.69) is 21.2 Å². The molecule has 0 atom stereocenters. The van der Waals surface area contributed by atoms with Crippen LogP contribution in [0.1, 0.15) is 17.3 Å². The van der Waals surface area contributed by atoms with Crippen molar-refractivity contribution in [1.82, 2.24) is 15.1 Å². The summed E-state index contributed by atoms with van der Waals surface area (Å²) in [6, 6.07) is 5.16. The molecule has 1 fully saturated rings. The predicted octanol–water partition coefficient (Wildman–Crippen LogP) is 1.94. The second-order valence-electron chi connectivity index (χ2n) is 4.85. The van der Waals surface area contributed by atoms with Crippen molar-refractivity contribution in [1.29, 1.82) is 0 Å². The number of benzene rings is 1. The van der Waals surface area contributed by atoms with Crippen molar-refractivity contribution >= 4 is 46.0 Å². The second-order valence-corrected chi connectivity index (χ2v) is 5.76. The minimum Gasteiger partial charge on any atom is -0.398 e. The van der Waals surface area contributed by atoms with Gasteiger partial charge in [-0.1, -0.05) is 15.9 Å². The average Bonchev–Trinajstić information content (AvgIpc) is 2.47. The molecule has 0 saturated carbocycles. The molecule has 1 aliphatic rings. The van der Waals surface area contributed by atoms with E-state index in [9.17, 15) is 9.59 Å². The Morgan fingerprint density at radius 2 is 1.82 bits per heavy atom. The van der Waals surface area contributed by atoms with Gasteiger partial charge in [0.2, 0.25) is 0 Å². The normalized spacial score (nSPS) is 14.3. The van der Waals surface area contributed by atoms with E-state index >= 15 is 0 Å². The minimum absolute atomic E-state index is 0. The molecule has 0 unspecified atom stereocenters. The van der Waals surface area contributed by atoms with Crippen LogP contribution in [-0.4, -0.2) is 54.5 Å². The van der Waals surface area contributed by atoms with Crippen molar-refractivity contribution in [2.45, 2.75) is 6.92 Å². The Balaban J connectivity index is 0.00000242. The minimum atomic E-state index is -0.0875. The van der Waals surface area contributed by atoms with Crippen molar-refractivity contribution in [3.05, 3.63) is 28.2 Å². The van der Waals surface area contributed by atoms with Crippen molar-refractivity contribution in [3.63, 3.8) is 0 Å². The summed E-state index contributed by atoms with van der Waals surface area (Å²) in [6.07, 6.45) is 0. The summed E-state index contributed by atoms with van der Waals surface area (Å²) < 4.78 is 0.845. The first kappa shape index (κ1) is 18.6. The number of hydrogen-bond acceptors (Lipinski definition) is 3. The molecule has 1 aliphatic heterocycles. The molecule has 3 amide bonds. The van der Waals surface area contributed by atoms with Crippen molar-refractivity contribution in [2.24, 2.45) is 0 Å². The van der Waals surface area contributed by atoms with Crippen molar-refractivity contribution < 1.29 is 9.59 Å². The molecule has 0 aromatic heterocycles. The molecular formula is C14H20BrClN4O2. The van der Waals surface area contributed by atoms with E-state index < -0.39 is 0 Å². The summed E-state index contributed by atoms with van der Waals surface area (Å²) in [4.78, 5) is 27.6. The fraction of sp³-hybridized carbons (Fsp3) is 0.429. The molecule has 2 rings (SSSR count). The number of carbonyl (C=O) groups is 2. The van der Waals surface area contributed by atoms with Gasteiger partial charge in [0.15, 0.2) is 0 Å². The van der Waals surface area contributed by atoms with E-state index in [1.165, 1.54) is 0 Å². The van der Waals surface area contributed by atoms with Crippen molar-refractivity contribution in [2.75, 3.05) is 38.5 Å². The SMILES string of the molecule is CCNC(=O)N1CCN(C(=O)c2ccc(Br)cc2N)CC1.Cl. The number of rotatable bonds is 2. The van der Waals surface area contributed by atoms with E-state index in [1.807, 2.05) is 6.92 Å². The van der Waals surface area contributed by atoms with Gasteiger partial charge in [-0.2, -0.15) is 0 Å². The highest BCUT2D eigenvalue weighted by Crippen LogP contribution is 2.20. The number of piperazine rings is 1. The third-order valence-corrected chi connectivity index (χ3v) is 3.92. The van der Waals surface area contributed by atoms with E-state index in [0.29, 0.717) is 44.0 Å². The largest absolute Gasteiger partial charge is 0.398 e. The predicted molar refractivity (Wildman–Crippen MR) is 92.4 cm³/mol. The van der Waals surface area contributed by atoms with Crippen LogP contribution in [0.4, 0.5) is 10.5 Å². The Morgan fingerprint density at radius 1 is 1.23 bits per heavy atom. The molecule has 0 aliphatic carbocycles. The van der Waals surface area contributed by atoms with Gasteiger partial charge in [-0.05, 0) is 25.1 Å². The Morgan fingerprint density at radius 3 is 2.36 bits per heavy atom. The fourth-order valence-corrected chi connectivity index (χ4v) is 2.65. The molecule has 1 saturated heterocycles. The van der Waals surface area contributed by atoms with Crippen LogP contribution in [0.3, 0.4) is 0 Å². The summed E-state index contributed by atoms with van der Waals surface area (Å²) in [6.45, 7) is 4.60. The van der Waals surface area contributed by atoms with Gasteiger partial charge in [0.05, 0.1) is 5.56 Å². The van der Waals surface area contributed by atoms with E-state index in [0.717, 1.165) is 4.47 Å². The molecule has 6 nitrogen and oxygen atoms in total. The highest BCUT2D eigenvalue weighted by Gasteiger charge is 2.25. The topological polar surface area (TPSA) is 78.7 Å². The van der Waals surface area contributed by atoms with E-state index in [-0.39, 0.29) is 24.3 Å². The Hall–Kier alpha value is -1.47. The number of nitrogens with zero attached hydrogens (tertiary/aromatic N) is 2. The summed E-state index contributed by atoms with van der Waals surface area (Å²) in [5, 5.41) is 2.76. The summed E-state index contributed by atoms with van der Waals surface area (Å²) in [5.74, 6) is -0.0875. The molecule has 22 heavy (non-hydrogen) atoms. The number of anilines is 1. The lowest BCUT2D eigenvalue weighted by Crippen LogP contribution is -2.53. The van der Waals surface area contributed by atoms with Crippen LogP contribution in [0, 0.1) is 0 Å². The van der Waals surface area contributed by atoms with Gasteiger partial charge in [0.25, 0.3) is 5.91 Å². The second kappa shape index (κ2) is 8.24. The number of nitrogens with two attached hydrogens (primary N) is 1. The van der Waals surface area contributed by atoms with Gasteiger partial charge in [0.1, 0.15) is 0 Å². The van der Waals surface area contributed by atoms with E-state index in [4.69, 9.17) is 5.73 Å².